The van der Waals surface area contributed by atoms with Gasteiger partial charge in [0.2, 0.25) is 0 Å². The largest absolute Gasteiger partial charge is 0.465 e. The smallest absolute Gasteiger partial charge is 0.408 e. The van der Waals surface area contributed by atoms with Crippen molar-refractivity contribution in [2.24, 2.45) is 0 Å². The first kappa shape index (κ1) is 14.8. The zero-order valence-corrected chi connectivity index (χ0v) is 12.5. The molecule has 0 spiro atoms. The number of nitrogens with one attached hydrogen (secondary N) is 2. The zero-order chi connectivity index (χ0) is 16.8. The number of fused-ring (bicyclic) bond motifs is 1. The van der Waals surface area contributed by atoms with E-state index in [1.165, 1.54) is 17.0 Å². The van der Waals surface area contributed by atoms with Crippen molar-refractivity contribution in [3.8, 4) is 0 Å². The van der Waals surface area contributed by atoms with Gasteiger partial charge in [-0.2, -0.15) is 5.10 Å². The molecule has 0 aliphatic carbocycles. The van der Waals surface area contributed by atoms with Crippen molar-refractivity contribution in [2.45, 2.75) is 25.9 Å². The number of nitro groups is 1. The van der Waals surface area contributed by atoms with Gasteiger partial charge in [-0.15, -0.1) is 0 Å². The highest BCUT2D eigenvalue weighted by Gasteiger charge is 2.43. The van der Waals surface area contributed by atoms with Crippen LogP contribution in [0.3, 0.4) is 0 Å². The average molecular weight is 317 g/mol. The molecule has 0 saturated heterocycles. The number of non-ortho nitro benzene ring substituents is 1. The van der Waals surface area contributed by atoms with Gasteiger partial charge < -0.3 is 10.4 Å². The second-order valence-electron chi connectivity index (χ2n) is 5.79. The van der Waals surface area contributed by atoms with Crippen LogP contribution in [0.25, 0.3) is 0 Å². The number of anilines is 2. The fraction of sp³-hybridized carbons (Fsp3) is 0.286. The number of carboxylic acid groups (broad SMARTS) is 1. The van der Waals surface area contributed by atoms with Crippen LogP contribution in [0.2, 0.25) is 0 Å². The van der Waals surface area contributed by atoms with E-state index in [4.69, 9.17) is 0 Å². The van der Waals surface area contributed by atoms with Crippen LogP contribution in [0, 0.1) is 10.1 Å². The SMILES string of the molecule is CC1(C)c2[nH]nc(Nc3cccc([N+](=O)[O-])c3)c2CN1C(=O)O. The number of nitro benzene ring substituents is 1. The molecular weight excluding hydrogens is 302 g/mol. The van der Waals surface area contributed by atoms with Crippen LogP contribution in [0.1, 0.15) is 25.1 Å². The van der Waals surface area contributed by atoms with Gasteiger partial charge in [0.1, 0.15) is 0 Å². The van der Waals surface area contributed by atoms with E-state index in [1.54, 1.807) is 26.0 Å². The zero-order valence-electron chi connectivity index (χ0n) is 12.5. The Kier molecular flexibility index (Phi) is 3.20. The molecule has 0 saturated carbocycles. The van der Waals surface area contributed by atoms with Gasteiger partial charge in [-0.25, -0.2) is 4.79 Å². The van der Waals surface area contributed by atoms with Crippen molar-refractivity contribution < 1.29 is 14.8 Å². The second kappa shape index (κ2) is 4.97. The molecule has 9 heteroatoms. The Morgan fingerprint density at radius 3 is 2.91 bits per heavy atom. The molecule has 0 fully saturated rings. The normalized spacial score (nSPS) is 15.3. The third-order valence-corrected chi connectivity index (χ3v) is 4.02. The minimum atomic E-state index is -1.01. The van der Waals surface area contributed by atoms with Gasteiger partial charge in [0.25, 0.3) is 5.69 Å². The van der Waals surface area contributed by atoms with Crippen molar-refractivity contribution in [2.75, 3.05) is 5.32 Å². The highest BCUT2D eigenvalue weighted by Crippen LogP contribution is 2.41. The van der Waals surface area contributed by atoms with E-state index in [2.05, 4.69) is 15.5 Å². The predicted molar refractivity (Wildman–Crippen MR) is 81.6 cm³/mol. The number of hydrogen-bond donors (Lipinski definition) is 3. The summed E-state index contributed by atoms with van der Waals surface area (Å²) < 4.78 is 0. The predicted octanol–water partition coefficient (Wildman–Crippen LogP) is 2.79. The lowest BCUT2D eigenvalue weighted by Gasteiger charge is -2.28. The van der Waals surface area contributed by atoms with E-state index in [9.17, 15) is 20.0 Å². The van der Waals surface area contributed by atoms with E-state index in [-0.39, 0.29) is 12.2 Å². The van der Waals surface area contributed by atoms with Gasteiger partial charge in [-0.05, 0) is 19.9 Å². The van der Waals surface area contributed by atoms with Crippen LogP contribution < -0.4 is 5.32 Å². The third-order valence-electron chi connectivity index (χ3n) is 4.02. The summed E-state index contributed by atoms with van der Waals surface area (Å²) in [6.07, 6.45) is -1.01. The minimum absolute atomic E-state index is 0.0327. The van der Waals surface area contributed by atoms with Gasteiger partial charge in [0.15, 0.2) is 5.82 Å². The first-order valence-corrected chi connectivity index (χ1v) is 6.90. The Bertz CT molecular complexity index is 798. The quantitative estimate of drug-likeness (QED) is 0.590. The van der Waals surface area contributed by atoms with Gasteiger partial charge in [-0.1, -0.05) is 6.07 Å². The first-order chi connectivity index (χ1) is 10.8. The number of hydrogen-bond acceptors (Lipinski definition) is 5. The molecular formula is C14H15N5O4. The molecule has 0 radical (unpaired) electrons. The molecule has 0 unspecified atom stereocenters. The molecule has 2 heterocycles. The lowest BCUT2D eigenvalue weighted by atomic mass is 10.0. The lowest BCUT2D eigenvalue weighted by molar-refractivity contribution is -0.384. The Hall–Kier alpha value is -3.10. The summed E-state index contributed by atoms with van der Waals surface area (Å²) in [5.41, 5.74) is 1.23. The monoisotopic (exact) mass is 317 g/mol. The Morgan fingerprint density at radius 1 is 1.52 bits per heavy atom. The van der Waals surface area contributed by atoms with E-state index in [1.807, 2.05) is 0 Å². The summed E-state index contributed by atoms with van der Waals surface area (Å²) in [6, 6.07) is 6.05. The Morgan fingerprint density at radius 2 is 2.26 bits per heavy atom. The summed E-state index contributed by atoms with van der Waals surface area (Å²) in [5, 5.41) is 30.2. The first-order valence-electron chi connectivity index (χ1n) is 6.90. The number of amides is 1. The molecule has 0 bridgehead atoms. The van der Waals surface area contributed by atoms with E-state index >= 15 is 0 Å². The van der Waals surface area contributed by atoms with Crippen molar-refractivity contribution in [1.29, 1.82) is 0 Å². The number of aromatic nitrogens is 2. The van der Waals surface area contributed by atoms with E-state index in [0.717, 1.165) is 5.56 Å². The molecule has 23 heavy (non-hydrogen) atoms. The molecule has 1 aliphatic rings. The van der Waals surface area contributed by atoms with Crippen molar-refractivity contribution in [3.05, 3.63) is 45.6 Å². The van der Waals surface area contributed by atoms with Gasteiger partial charge in [0.05, 0.1) is 22.7 Å². The summed E-state index contributed by atoms with van der Waals surface area (Å²) >= 11 is 0. The maximum atomic E-state index is 11.4. The molecule has 120 valence electrons. The average Bonchev–Trinajstić information content (AvgIpc) is 2.99. The van der Waals surface area contributed by atoms with Gasteiger partial charge in [0, 0.05) is 23.4 Å². The van der Waals surface area contributed by atoms with Crippen LogP contribution in [0.15, 0.2) is 24.3 Å². The number of rotatable bonds is 3. The number of H-pyrrole nitrogens is 1. The second-order valence-corrected chi connectivity index (χ2v) is 5.79. The number of carbonyl (C=O) groups is 1. The lowest BCUT2D eigenvalue weighted by Crippen LogP contribution is -2.39. The van der Waals surface area contributed by atoms with Crippen molar-refractivity contribution in [3.63, 3.8) is 0 Å². The van der Waals surface area contributed by atoms with Crippen LogP contribution in [-0.2, 0) is 12.1 Å². The summed E-state index contributed by atoms with van der Waals surface area (Å²) in [5.74, 6) is 0.470. The summed E-state index contributed by atoms with van der Waals surface area (Å²) in [4.78, 5) is 23.0. The van der Waals surface area contributed by atoms with Crippen LogP contribution in [0.5, 0.6) is 0 Å². The number of nitrogens with zero attached hydrogens (tertiary/aromatic N) is 3. The minimum Gasteiger partial charge on any atom is -0.465 e. The van der Waals surface area contributed by atoms with Crippen molar-refractivity contribution >= 4 is 23.3 Å². The highest BCUT2D eigenvalue weighted by atomic mass is 16.6. The van der Waals surface area contributed by atoms with Gasteiger partial charge in [-0.3, -0.25) is 20.1 Å². The molecule has 0 atom stereocenters. The molecule has 1 aliphatic heterocycles. The van der Waals surface area contributed by atoms with Crippen molar-refractivity contribution in [1.82, 2.24) is 15.1 Å². The molecule has 3 rings (SSSR count). The van der Waals surface area contributed by atoms with Crippen LogP contribution >= 0.6 is 0 Å². The van der Waals surface area contributed by atoms with E-state index < -0.39 is 16.6 Å². The molecule has 1 aromatic heterocycles. The fourth-order valence-electron chi connectivity index (χ4n) is 2.76. The maximum absolute atomic E-state index is 11.4. The number of benzene rings is 1. The summed E-state index contributed by atoms with van der Waals surface area (Å²) in [7, 11) is 0. The topological polar surface area (TPSA) is 124 Å². The highest BCUT2D eigenvalue weighted by molar-refractivity contribution is 5.71. The standard InChI is InChI=1S/C14H15N5O4/c1-14(2)11-10(7-18(14)13(20)21)12(17-16-11)15-8-4-3-5-9(6-8)19(22)23/h3-6H,7H2,1-2H3,(H,20,21)(H2,15,16,17). The summed E-state index contributed by atoms with van der Waals surface area (Å²) in [6.45, 7) is 3.79. The fourth-order valence-corrected chi connectivity index (χ4v) is 2.76. The number of aromatic amines is 1. The molecule has 9 nitrogen and oxygen atoms in total. The van der Waals surface area contributed by atoms with Gasteiger partial charge >= 0.3 is 6.09 Å². The van der Waals surface area contributed by atoms with Crippen LogP contribution in [0.4, 0.5) is 22.0 Å². The molecule has 1 aromatic carbocycles. The molecule has 1 amide bonds. The Labute approximate surface area is 131 Å². The van der Waals surface area contributed by atoms with E-state index in [0.29, 0.717) is 17.2 Å². The molecule has 3 N–H and O–H groups in total. The maximum Gasteiger partial charge on any atom is 0.408 e. The van der Waals surface area contributed by atoms with Crippen LogP contribution in [-0.4, -0.2) is 31.2 Å². The third kappa shape index (κ3) is 2.35. The molecule has 2 aromatic rings. The Balaban J connectivity index is 1.92.